The van der Waals surface area contributed by atoms with Crippen molar-refractivity contribution in [3.05, 3.63) is 89.5 Å². The Morgan fingerprint density at radius 2 is 1.64 bits per heavy atom. The number of hydrogen-bond acceptors (Lipinski definition) is 4. The molecule has 0 unspecified atom stereocenters. The summed E-state index contributed by atoms with van der Waals surface area (Å²) in [5.74, 6) is 0.400. The number of carboxylic acids is 1. The maximum atomic E-state index is 11.4. The lowest BCUT2D eigenvalue weighted by Crippen LogP contribution is -2.23. The van der Waals surface area contributed by atoms with Crippen molar-refractivity contribution in [3.8, 4) is 11.5 Å². The third-order valence-corrected chi connectivity index (χ3v) is 4.52. The van der Waals surface area contributed by atoms with E-state index in [1.54, 1.807) is 32.4 Å². The Hall–Kier alpha value is -3.47. The molecule has 1 N–H and O–H groups in total. The van der Waals surface area contributed by atoms with E-state index in [1.807, 2.05) is 42.5 Å². The fourth-order valence-corrected chi connectivity index (χ4v) is 3.16. The van der Waals surface area contributed by atoms with E-state index in [9.17, 15) is 9.90 Å². The number of methoxy groups -OCH3 is 2. The number of nitrogens with zero attached hydrogens (tertiary/aromatic N) is 1. The fourth-order valence-electron chi connectivity index (χ4n) is 3.16. The molecule has 0 aliphatic rings. The molecule has 0 spiro atoms. The molecule has 0 saturated carbocycles. The summed E-state index contributed by atoms with van der Waals surface area (Å²) in [4.78, 5) is 13.5. The molecule has 0 atom stereocenters. The Morgan fingerprint density at radius 1 is 0.893 bits per heavy atom. The van der Waals surface area contributed by atoms with Crippen LogP contribution in [0.5, 0.6) is 11.5 Å². The third kappa shape index (κ3) is 4.43. The summed E-state index contributed by atoms with van der Waals surface area (Å²) in [6.45, 7) is 1.17. The number of ether oxygens (including phenoxy) is 2. The number of hydrogen-bond donors (Lipinski definition) is 1. The van der Waals surface area contributed by atoms with E-state index < -0.39 is 5.97 Å². The Balaban J connectivity index is 2.00. The molecule has 3 aromatic rings. The van der Waals surface area contributed by atoms with Crippen LogP contribution in [-0.4, -0.2) is 25.3 Å². The Kier molecular flexibility index (Phi) is 6.17. The zero-order valence-corrected chi connectivity index (χ0v) is 16.0. The first-order chi connectivity index (χ1) is 13.6. The van der Waals surface area contributed by atoms with E-state index in [0.717, 1.165) is 16.8 Å². The molecule has 0 fully saturated rings. The summed E-state index contributed by atoms with van der Waals surface area (Å²) in [6, 6.07) is 22.8. The number of rotatable bonds is 8. The highest BCUT2D eigenvalue weighted by Crippen LogP contribution is 2.33. The van der Waals surface area contributed by atoms with Crippen molar-refractivity contribution in [2.24, 2.45) is 0 Å². The molecular weight excluding hydrogens is 354 g/mol. The molecule has 5 nitrogen and oxygen atoms in total. The van der Waals surface area contributed by atoms with Gasteiger partial charge in [-0.25, -0.2) is 4.79 Å². The van der Waals surface area contributed by atoms with Gasteiger partial charge in [-0.3, -0.25) is 0 Å². The SMILES string of the molecule is COc1cccc(CN(Cc2ccccc2)c2cccc(C(=O)O)c2)c1OC. The minimum absolute atomic E-state index is 0.258. The van der Waals surface area contributed by atoms with Crippen molar-refractivity contribution in [3.63, 3.8) is 0 Å². The zero-order chi connectivity index (χ0) is 19.9. The first-order valence-electron chi connectivity index (χ1n) is 8.94. The molecule has 0 heterocycles. The van der Waals surface area contributed by atoms with Gasteiger partial charge in [-0.05, 0) is 29.8 Å². The molecule has 0 amide bonds. The molecule has 0 saturated heterocycles. The highest BCUT2D eigenvalue weighted by Gasteiger charge is 2.16. The molecule has 0 aliphatic carbocycles. The van der Waals surface area contributed by atoms with Gasteiger partial charge in [0.2, 0.25) is 0 Å². The molecule has 0 aliphatic heterocycles. The van der Waals surface area contributed by atoms with E-state index in [1.165, 1.54) is 0 Å². The van der Waals surface area contributed by atoms with Gasteiger partial charge < -0.3 is 19.5 Å². The smallest absolute Gasteiger partial charge is 0.335 e. The number of anilines is 1. The second-order valence-electron chi connectivity index (χ2n) is 6.35. The van der Waals surface area contributed by atoms with Crippen LogP contribution in [0.15, 0.2) is 72.8 Å². The van der Waals surface area contributed by atoms with Crippen LogP contribution in [0.1, 0.15) is 21.5 Å². The standard InChI is InChI=1S/C23H23NO4/c1-27-21-13-7-11-19(22(21)28-2)16-24(15-17-8-4-3-5-9-17)20-12-6-10-18(14-20)23(25)26/h3-14H,15-16H2,1-2H3,(H,25,26). The van der Waals surface area contributed by atoms with Gasteiger partial charge >= 0.3 is 5.97 Å². The van der Waals surface area contributed by atoms with Crippen LogP contribution >= 0.6 is 0 Å². The number of para-hydroxylation sites is 1. The number of benzene rings is 3. The monoisotopic (exact) mass is 377 g/mol. The number of aromatic carboxylic acids is 1. The quantitative estimate of drug-likeness (QED) is 0.621. The zero-order valence-electron chi connectivity index (χ0n) is 16.0. The van der Waals surface area contributed by atoms with Crippen LogP contribution in [0, 0.1) is 0 Å². The minimum atomic E-state index is -0.944. The predicted octanol–water partition coefficient (Wildman–Crippen LogP) is 4.61. The van der Waals surface area contributed by atoms with Gasteiger partial charge in [-0.1, -0.05) is 48.5 Å². The van der Waals surface area contributed by atoms with Crippen LogP contribution in [0.4, 0.5) is 5.69 Å². The van der Waals surface area contributed by atoms with Gasteiger partial charge in [-0.2, -0.15) is 0 Å². The Morgan fingerprint density at radius 3 is 2.32 bits per heavy atom. The van der Waals surface area contributed by atoms with Crippen molar-refractivity contribution in [1.29, 1.82) is 0 Å². The largest absolute Gasteiger partial charge is 0.493 e. The van der Waals surface area contributed by atoms with E-state index in [2.05, 4.69) is 17.0 Å². The maximum Gasteiger partial charge on any atom is 0.335 e. The van der Waals surface area contributed by atoms with E-state index in [-0.39, 0.29) is 5.56 Å². The summed E-state index contributed by atoms with van der Waals surface area (Å²) in [7, 11) is 3.23. The first-order valence-corrected chi connectivity index (χ1v) is 8.94. The molecule has 144 valence electrons. The second kappa shape index (κ2) is 8.95. The summed E-state index contributed by atoms with van der Waals surface area (Å²) < 4.78 is 11.0. The van der Waals surface area contributed by atoms with E-state index >= 15 is 0 Å². The van der Waals surface area contributed by atoms with Gasteiger partial charge in [0.15, 0.2) is 11.5 Å². The molecular formula is C23H23NO4. The number of carboxylic acid groups (broad SMARTS) is 1. The van der Waals surface area contributed by atoms with Crippen LogP contribution < -0.4 is 14.4 Å². The average Bonchev–Trinajstić information content (AvgIpc) is 2.73. The van der Waals surface area contributed by atoms with Crippen LogP contribution in [0.3, 0.4) is 0 Å². The molecule has 3 rings (SSSR count). The van der Waals surface area contributed by atoms with Crippen LogP contribution in [0.25, 0.3) is 0 Å². The maximum absolute atomic E-state index is 11.4. The predicted molar refractivity (Wildman–Crippen MR) is 109 cm³/mol. The molecule has 0 aromatic heterocycles. The normalized spacial score (nSPS) is 10.4. The van der Waals surface area contributed by atoms with Gasteiger partial charge in [0.05, 0.1) is 19.8 Å². The van der Waals surface area contributed by atoms with Crippen LogP contribution in [-0.2, 0) is 13.1 Å². The van der Waals surface area contributed by atoms with Crippen molar-refractivity contribution in [2.45, 2.75) is 13.1 Å². The lowest BCUT2D eigenvalue weighted by Gasteiger charge is -2.26. The van der Waals surface area contributed by atoms with Gasteiger partial charge in [0.25, 0.3) is 0 Å². The summed E-state index contributed by atoms with van der Waals surface area (Å²) in [5, 5.41) is 9.37. The second-order valence-corrected chi connectivity index (χ2v) is 6.35. The van der Waals surface area contributed by atoms with E-state index in [0.29, 0.717) is 24.6 Å². The Labute approximate surface area is 164 Å². The highest BCUT2D eigenvalue weighted by molar-refractivity contribution is 5.88. The molecule has 3 aromatic carbocycles. The average molecular weight is 377 g/mol. The van der Waals surface area contributed by atoms with Crippen molar-refractivity contribution >= 4 is 11.7 Å². The summed E-state index contributed by atoms with van der Waals surface area (Å²) in [6.07, 6.45) is 0. The molecule has 0 bridgehead atoms. The number of carbonyl (C=O) groups is 1. The highest BCUT2D eigenvalue weighted by atomic mass is 16.5. The fraction of sp³-hybridized carbons (Fsp3) is 0.174. The summed E-state index contributed by atoms with van der Waals surface area (Å²) >= 11 is 0. The minimum Gasteiger partial charge on any atom is -0.493 e. The molecule has 5 heteroatoms. The third-order valence-electron chi connectivity index (χ3n) is 4.52. The lowest BCUT2D eigenvalue weighted by molar-refractivity contribution is 0.0697. The van der Waals surface area contributed by atoms with Crippen LogP contribution in [0.2, 0.25) is 0 Å². The molecule has 28 heavy (non-hydrogen) atoms. The van der Waals surface area contributed by atoms with Crippen molar-refractivity contribution < 1.29 is 19.4 Å². The van der Waals surface area contributed by atoms with Gasteiger partial charge in [-0.15, -0.1) is 0 Å². The van der Waals surface area contributed by atoms with Crippen molar-refractivity contribution in [1.82, 2.24) is 0 Å². The van der Waals surface area contributed by atoms with Crippen molar-refractivity contribution in [2.75, 3.05) is 19.1 Å². The Bertz CT molecular complexity index is 940. The summed E-state index contributed by atoms with van der Waals surface area (Å²) in [5.41, 5.74) is 3.17. The molecule has 0 radical (unpaired) electrons. The van der Waals surface area contributed by atoms with E-state index in [4.69, 9.17) is 9.47 Å². The van der Waals surface area contributed by atoms with Gasteiger partial charge in [0.1, 0.15) is 0 Å². The first kappa shape index (κ1) is 19.3. The van der Waals surface area contributed by atoms with Gasteiger partial charge in [0, 0.05) is 24.3 Å². The lowest BCUT2D eigenvalue weighted by atomic mass is 10.1. The topological polar surface area (TPSA) is 59.0 Å².